The van der Waals surface area contributed by atoms with E-state index in [2.05, 4.69) is 75.8 Å². The standard InChI is InChI=1S/C44H60N4O7SSi/c1-29(2)38-24-33(27-56-38)41(51)47-20-21-54-44(28-47)16-18-46(19-17-44)25-32-11-9-10-31(23-32)22-30(3)48(42(52)53)26-37(55-57(7,8)43(4,5)6)34-12-14-36(49)40-35(34)13-15-39(50)45-40/h9-15,23-24,27,29-30,37,49H,16-22,25-26,28H2,1-8H3,(H,45,50)(H,52,53)/t30-,37-/m1/s1. The number of carbonyl (C=O) groups excluding carboxylic acids is 1. The lowest BCUT2D eigenvalue weighted by Gasteiger charge is -2.47. The molecule has 6 rings (SSSR count). The Balaban J connectivity index is 1.12. The fraction of sp³-hybridized carbons (Fsp3) is 0.523. The third-order valence-electron chi connectivity index (χ3n) is 12.3. The Hall–Kier alpha value is -4.01. The van der Waals surface area contributed by atoms with Crippen LogP contribution < -0.4 is 5.56 Å². The van der Waals surface area contributed by atoms with Gasteiger partial charge in [0.1, 0.15) is 5.75 Å². The summed E-state index contributed by atoms with van der Waals surface area (Å²) in [5.74, 6) is 0.446. The lowest BCUT2D eigenvalue weighted by molar-refractivity contribution is -0.127. The van der Waals surface area contributed by atoms with Crippen LogP contribution in [0, 0.1) is 0 Å². The first-order chi connectivity index (χ1) is 26.8. The van der Waals surface area contributed by atoms with Crippen LogP contribution in [-0.4, -0.2) is 101 Å². The van der Waals surface area contributed by atoms with Crippen LogP contribution in [0.15, 0.2) is 64.8 Å². The van der Waals surface area contributed by atoms with Gasteiger partial charge in [-0.1, -0.05) is 65.0 Å². The molecule has 11 nitrogen and oxygen atoms in total. The number of likely N-dealkylation sites (tertiary alicyclic amines) is 1. The zero-order chi connectivity index (χ0) is 41.3. The highest BCUT2D eigenvalue weighted by molar-refractivity contribution is 7.10. The second kappa shape index (κ2) is 17.1. The molecule has 13 heteroatoms. The zero-order valence-corrected chi connectivity index (χ0v) is 36.6. The van der Waals surface area contributed by atoms with Crippen molar-refractivity contribution in [3.8, 4) is 5.75 Å². The number of nitrogens with one attached hydrogen (secondary N) is 1. The third-order valence-corrected chi connectivity index (χ3v) is 18.0. The normalized spacial score (nSPS) is 17.6. The second-order valence-electron chi connectivity index (χ2n) is 17.9. The van der Waals surface area contributed by atoms with Gasteiger partial charge < -0.3 is 34.2 Å². The maximum atomic E-state index is 13.4. The number of hydrogen-bond acceptors (Lipinski definition) is 8. The lowest BCUT2D eigenvalue weighted by Crippen LogP contribution is -2.57. The predicted octanol–water partition coefficient (Wildman–Crippen LogP) is 8.60. The molecule has 1 spiro atoms. The molecule has 2 aliphatic rings. The summed E-state index contributed by atoms with van der Waals surface area (Å²) in [6.45, 7) is 21.3. The Bertz CT molecular complexity index is 2120. The number of fused-ring (bicyclic) bond motifs is 1. The first-order valence-electron chi connectivity index (χ1n) is 20.2. The minimum atomic E-state index is -2.42. The smallest absolute Gasteiger partial charge is 0.407 e. The number of phenolic OH excluding ortho intramolecular Hbond substituents is 1. The van der Waals surface area contributed by atoms with Crippen molar-refractivity contribution in [1.82, 2.24) is 19.7 Å². The molecule has 4 heterocycles. The van der Waals surface area contributed by atoms with E-state index in [0.29, 0.717) is 48.5 Å². The highest BCUT2D eigenvalue weighted by Gasteiger charge is 2.42. The van der Waals surface area contributed by atoms with Crippen LogP contribution in [0.2, 0.25) is 18.1 Å². The summed E-state index contributed by atoms with van der Waals surface area (Å²) < 4.78 is 13.4. The Morgan fingerprint density at radius 1 is 1.04 bits per heavy atom. The molecule has 2 amide bonds. The predicted molar refractivity (Wildman–Crippen MR) is 229 cm³/mol. The first kappa shape index (κ1) is 42.6. The number of morpholine rings is 1. The second-order valence-corrected chi connectivity index (χ2v) is 23.6. The average Bonchev–Trinajstić information content (AvgIpc) is 3.65. The molecule has 2 saturated heterocycles. The van der Waals surface area contributed by atoms with Gasteiger partial charge in [0, 0.05) is 53.9 Å². The van der Waals surface area contributed by atoms with Crippen molar-refractivity contribution in [3.63, 3.8) is 0 Å². The van der Waals surface area contributed by atoms with Crippen LogP contribution in [0.3, 0.4) is 0 Å². The van der Waals surface area contributed by atoms with Gasteiger partial charge in [0.05, 0.1) is 42.5 Å². The molecule has 3 N–H and O–H groups in total. The van der Waals surface area contributed by atoms with Gasteiger partial charge in [-0.25, -0.2) is 4.79 Å². The summed E-state index contributed by atoms with van der Waals surface area (Å²) in [5.41, 5.74) is 3.35. The fourth-order valence-electron chi connectivity index (χ4n) is 7.85. The number of hydrogen-bond donors (Lipinski definition) is 3. The zero-order valence-electron chi connectivity index (χ0n) is 34.8. The summed E-state index contributed by atoms with van der Waals surface area (Å²) in [6, 6.07) is 16.5. The van der Waals surface area contributed by atoms with E-state index >= 15 is 0 Å². The van der Waals surface area contributed by atoms with Crippen LogP contribution in [0.5, 0.6) is 5.75 Å². The first-order valence-corrected chi connectivity index (χ1v) is 24.0. The molecular formula is C44H60N4O7SSi. The number of pyridine rings is 1. The number of thiophene rings is 1. The molecule has 0 unspecified atom stereocenters. The van der Waals surface area contributed by atoms with Crippen molar-refractivity contribution in [1.29, 1.82) is 0 Å². The molecule has 2 aromatic carbocycles. The fourth-order valence-corrected chi connectivity index (χ4v) is 10.0. The van der Waals surface area contributed by atoms with Gasteiger partial charge in [-0.3, -0.25) is 14.5 Å². The molecule has 0 aliphatic carbocycles. The van der Waals surface area contributed by atoms with E-state index in [9.17, 15) is 24.6 Å². The molecule has 2 atom stereocenters. The topological polar surface area (TPSA) is 136 Å². The van der Waals surface area contributed by atoms with Crippen LogP contribution in [0.25, 0.3) is 10.9 Å². The summed E-state index contributed by atoms with van der Waals surface area (Å²) in [7, 11) is -2.42. The summed E-state index contributed by atoms with van der Waals surface area (Å²) >= 11 is 1.66. The van der Waals surface area contributed by atoms with Crippen molar-refractivity contribution in [2.75, 3.05) is 39.3 Å². The number of amides is 2. The van der Waals surface area contributed by atoms with Crippen molar-refractivity contribution >= 4 is 42.6 Å². The maximum absolute atomic E-state index is 13.4. The van der Waals surface area contributed by atoms with Crippen LogP contribution >= 0.6 is 11.3 Å². The number of carbonyl (C=O) groups is 2. The number of aromatic nitrogens is 1. The van der Waals surface area contributed by atoms with E-state index in [1.807, 2.05) is 29.3 Å². The van der Waals surface area contributed by atoms with Crippen molar-refractivity contribution in [2.24, 2.45) is 0 Å². The quantitative estimate of drug-likeness (QED) is 0.121. The molecular weight excluding hydrogens is 757 g/mol. The highest BCUT2D eigenvalue weighted by atomic mass is 32.1. The van der Waals surface area contributed by atoms with Gasteiger partial charge in [-0.05, 0) is 85.1 Å². The number of benzene rings is 2. The molecule has 2 aliphatic heterocycles. The van der Waals surface area contributed by atoms with Crippen LogP contribution in [0.4, 0.5) is 4.79 Å². The lowest BCUT2D eigenvalue weighted by atomic mass is 9.89. The third kappa shape index (κ3) is 9.82. The van der Waals surface area contributed by atoms with E-state index in [0.717, 1.165) is 43.6 Å². The van der Waals surface area contributed by atoms with Crippen molar-refractivity contribution < 1.29 is 29.0 Å². The van der Waals surface area contributed by atoms with Crippen molar-refractivity contribution in [2.45, 2.75) is 109 Å². The molecule has 0 radical (unpaired) electrons. The largest absolute Gasteiger partial charge is 0.506 e. The minimum Gasteiger partial charge on any atom is -0.506 e. The Morgan fingerprint density at radius 3 is 2.42 bits per heavy atom. The Kier molecular flexibility index (Phi) is 12.8. The number of phenols is 1. The van der Waals surface area contributed by atoms with Gasteiger partial charge in [0.2, 0.25) is 5.56 Å². The van der Waals surface area contributed by atoms with E-state index in [1.165, 1.54) is 27.5 Å². The number of ether oxygens (including phenoxy) is 1. The van der Waals surface area contributed by atoms with Crippen molar-refractivity contribution in [3.05, 3.63) is 97.5 Å². The van der Waals surface area contributed by atoms with Gasteiger partial charge in [-0.15, -0.1) is 11.3 Å². The number of H-pyrrole nitrogens is 1. The SMILES string of the molecule is CC(C)c1cc(C(=O)N2CCOC3(CCN(Cc4cccc(C[C@@H](C)N(C[C@@H](O[Si](C)(C)C(C)(C)C)c5ccc(O)c6[nH]c(=O)ccc56)C(=O)O)c4)CC3)C2)cs1. The summed E-state index contributed by atoms with van der Waals surface area (Å²) in [5, 5.41) is 23.7. The number of aromatic hydroxyl groups is 1. The van der Waals surface area contributed by atoms with Gasteiger partial charge in [0.15, 0.2) is 8.32 Å². The van der Waals surface area contributed by atoms with E-state index in [-0.39, 0.29) is 40.4 Å². The molecule has 0 bridgehead atoms. The number of nitrogens with zero attached hydrogens (tertiary/aromatic N) is 3. The number of rotatable bonds is 12. The molecule has 0 saturated carbocycles. The summed E-state index contributed by atoms with van der Waals surface area (Å²) in [4.78, 5) is 48.5. The number of aromatic amines is 1. The number of carboxylic acid groups (broad SMARTS) is 1. The maximum Gasteiger partial charge on any atom is 0.407 e. The Labute approximate surface area is 341 Å². The highest BCUT2D eigenvalue weighted by Crippen LogP contribution is 2.42. The van der Waals surface area contributed by atoms with Gasteiger partial charge in [-0.2, -0.15) is 0 Å². The van der Waals surface area contributed by atoms with E-state index < -0.39 is 20.5 Å². The minimum absolute atomic E-state index is 0.0552. The average molecular weight is 817 g/mol. The summed E-state index contributed by atoms with van der Waals surface area (Å²) in [6.07, 6.45) is 0.542. The van der Waals surface area contributed by atoms with Gasteiger partial charge >= 0.3 is 6.09 Å². The van der Waals surface area contributed by atoms with E-state index in [4.69, 9.17) is 9.16 Å². The van der Waals surface area contributed by atoms with E-state index in [1.54, 1.807) is 23.5 Å². The Morgan fingerprint density at radius 2 is 1.75 bits per heavy atom. The van der Waals surface area contributed by atoms with Crippen LogP contribution in [-0.2, 0) is 22.1 Å². The molecule has 308 valence electrons. The molecule has 2 fully saturated rings. The number of piperidine rings is 1. The molecule has 4 aromatic rings. The van der Waals surface area contributed by atoms with Gasteiger partial charge in [0.25, 0.3) is 5.91 Å². The molecule has 57 heavy (non-hydrogen) atoms. The van der Waals surface area contributed by atoms with Crippen LogP contribution in [0.1, 0.15) is 98.3 Å². The monoisotopic (exact) mass is 816 g/mol. The molecule has 2 aromatic heterocycles.